The first-order valence-corrected chi connectivity index (χ1v) is 4.61. The lowest BCUT2D eigenvalue weighted by Crippen LogP contribution is -2.12. The van der Waals surface area contributed by atoms with Crippen LogP contribution in [0.2, 0.25) is 10.0 Å². The van der Waals surface area contributed by atoms with E-state index in [-0.39, 0.29) is 0 Å². The van der Waals surface area contributed by atoms with Crippen LogP contribution in [0.25, 0.3) is 0 Å². The van der Waals surface area contributed by atoms with Gasteiger partial charge in [0.15, 0.2) is 0 Å². The Labute approximate surface area is 87.6 Å². The van der Waals surface area contributed by atoms with Crippen LogP contribution in [0.4, 0.5) is 0 Å². The molecule has 0 unspecified atom stereocenters. The number of halogens is 2. The standard InChI is InChI=1S/C9H11Cl2NO/c1-6-3-8(10)9(11)4-7(6)5-12(2)13/h3-4,13H,5H2,1-2H3. The Bertz CT molecular complexity index is 313. The van der Waals surface area contributed by atoms with Crippen molar-refractivity contribution in [2.24, 2.45) is 0 Å². The van der Waals surface area contributed by atoms with Gasteiger partial charge in [0.2, 0.25) is 0 Å². The zero-order chi connectivity index (χ0) is 10.0. The molecule has 0 spiro atoms. The number of hydrogen-bond donors (Lipinski definition) is 1. The van der Waals surface area contributed by atoms with Crippen LogP contribution in [0.5, 0.6) is 0 Å². The van der Waals surface area contributed by atoms with Gasteiger partial charge in [-0.3, -0.25) is 0 Å². The van der Waals surface area contributed by atoms with Gasteiger partial charge in [0.25, 0.3) is 0 Å². The minimum Gasteiger partial charge on any atom is -0.314 e. The quantitative estimate of drug-likeness (QED) is 0.774. The molecule has 1 rings (SSSR count). The van der Waals surface area contributed by atoms with Gasteiger partial charge in [-0.05, 0) is 30.2 Å². The van der Waals surface area contributed by atoms with Crippen molar-refractivity contribution >= 4 is 23.2 Å². The predicted octanol–water partition coefficient (Wildman–Crippen LogP) is 3.12. The maximum absolute atomic E-state index is 9.05. The highest BCUT2D eigenvalue weighted by atomic mass is 35.5. The molecule has 0 aromatic heterocycles. The Balaban J connectivity index is 3.01. The van der Waals surface area contributed by atoms with Crippen molar-refractivity contribution < 1.29 is 5.21 Å². The molecule has 72 valence electrons. The average molecular weight is 220 g/mol. The summed E-state index contributed by atoms with van der Waals surface area (Å²) in [5, 5.41) is 11.2. The molecule has 0 saturated heterocycles. The second kappa shape index (κ2) is 4.29. The maximum atomic E-state index is 9.05. The summed E-state index contributed by atoms with van der Waals surface area (Å²) < 4.78 is 0. The van der Waals surface area contributed by atoms with E-state index in [1.165, 1.54) is 0 Å². The lowest BCUT2D eigenvalue weighted by atomic mass is 10.1. The van der Waals surface area contributed by atoms with E-state index in [1.54, 1.807) is 19.2 Å². The van der Waals surface area contributed by atoms with E-state index < -0.39 is 0 Å². The summed E-state index contributed by atoms with van der Waals surface area (Å²) in [5.41, 5.74) is 2.00. The summed E-state index contributed by atoms with van der Waals surface area (Å²) in [5.74, 6) is 0. The van der Waals surface area contributed by atoms with E-state index in [0.717, 1.165) is 16.2 Å². The van der Waals surface area contributed by atoms with Crippen molar-refractivity contribution in [3.8, 4) is 0 Å². The summed E-state index contributed by atoms with van der Waals surface area (Å²) in [4.78, 5) is 0. The van der Waals surface area contributed by atoms with E-state index in [4.69, 9.17) is 28.4 Å². The second-order valence-electron chi connectivity index (χ2n) is 3.01. The Morgan fingerprint density at radius 1 is 1.31 bits per heavy atom. The minimum atomic E-state index is 0.447. The van der Waals surface area contributed by atoms with Crippen LogP contribution in [0.3, 0.4) is 0 Å². The summed E-state index contributed by atoms with van der Waals surface area (Å²) in [6.45, 7) is 2.38. The lowest BCUT2D eigenvalue weighted by Gasteiger charge is -2.11. The SMILES string of the molecule is Cc1cc(Cl)c(Cl)cc1CN(C)O. The van der Waals surface area contributed by atoms with E-state index in [0.29, 0.717) is 16.6 Å². The molecular formula is C9H11Cl2NO. The van der Waals surface area contributed by atoms with Crippen LogP contribution in [-0.2, 0) is 6.54 Å². The molecule has 0 fully saturated rings. The topological polar surface area (TPSA) is 23.5 Å². The van der Waals surface area contributed by atoms with Crippen LogP contribution < -0.4 is 0 Å². The first-order chi connectivity index (χ1) is 6.00. The molecule has 1 aromatic carbocycles. The van der Waals surface area contributed by atoms with Crippen LogP contribution in [-0.4, -0.2) is 17.3 Å². The van der Waals surface area contributed by atoms with Crippen molar-refractivity contribution in [2.75, 3.05) is 7.05 Å². The second-order valence-corrected chi connectivity index (χ2v) is 3.82. The van der Waals surface area contributed by atoms with Crippen LogP contribution in [0.15, 0.2) is 12.1 Å². The fraction of sp³-hybridized carbons (Fsp3) is 0.333. The molecule has 1 aromatic rings. The Kier molecular flexibility index (Phi) is 3.56. The molecule has 0 aliphatic heterocycles. The summed E-state index contributed by atoms with van der Waals surface area (Å²) in [6, 6.07) is 3.56. The van der Waals surface area contributed by atoms with Gasteiger partial charge in [-0.15, -0.1) is 0 Å². The molecule has 0 amide bonds. The lowest BCUT2D eigenvalue weighted by molar-refractivity contribution is -0.0732. The maximum Gasteiger partial charge on any atom is 0.0595 e. The van der Waals surface area contributed by atoms with Gasteiger partial charge in [0, 0.05) is 13.6 Å². The molecule has 13 heavy (non-hydrogen) atoms. The molecule has 0 atom stereocenters. The van der Waals surface area contributed by atoms with Crippen LogP contribution in [0.1, 0.15) is 11.1 Å². The Morgan fingerprint density at radius 3 is 2.38 bits per heavy atom. The van der Waals surface area contributed by atoms with Gasteiger partial charge in [-0.2, -0.15) is 5.06 Å². The highest BCUT2D eigenvalue weighted by Gasteiger charge is 2.05. The molecule has 0 aliphatic carbocycles. The zero-order valence-electron chi connectivity index (χ0n) is 7.51. The van der Waals surface area contributed by atoms with Crippen LogP contribution >= 0.6 is 23.2 Å². The highest BCUT2D eigenvalue weighted by Crippen LogP contribution is 2.25. The molecule has 0 heterocycles. The highest BCUT2D eigenvalue weighted by molar-refractivity contribution is 6.42. The average Bonchev–Trinajstić information content (AvgIpc) is 1.99. The van der Waals surface area contributed by atoms with Gasteiger partial charge in [0.1, 0.15) is 0 Å². The molecule has 0 bridgehead atoms. The number of nitrogens with zero attached hydrogens (tertiary/aromatic N) is 1. The monoisotopic (exact) mass is 219 g/mol. The largest absolute Gasteiger partial charge is 0.314 e. The molecule has 0 aliphatic rings. The number of rotatable bonds is 2. The smallest absolute Gasteiger partial charge is 0.0595 e. The number of hydroxylamine groups is 2. The van der Waals surface area contributed by atoms with E-state index in [2.05, 4.69) is 0 Å². The third kappa shape index (κ3) is 2.85. The van der Waals surface area contributed by atoms with Crippen LogP contribution in [0, 0.1) is 6.92 Å². The zero-order valence-corrected chi connectivity index (χ0v) is 9.02. The van der Waals surface area contributed by atoms with Gasteiger partial charge >= 0.3 is 0 Å². The fourth-order valence-electron chi connectivity index (χ4n) is 1.10. The first-order valence-electron chi connectivity index (χ1n) is 3.85. The van der Waals surface area contributed by atoms with Gasteiger partial charge < -0.3 is 5.21 Å². The summed E-state index contributed by atoms with van der Waals surface area (Å²) >= 11 is 11.7. The van der Waals surface area contributed by atoms with Crippen molar-refractivity contribution in [1.82, 2.24) is 5.06 Å². The summed E-state index contributed by atoms with van der Waals surface area (Å²) in [6.07, 6.45) is 0. The van der Waals surface area contributed by atoms with Crippen molar-refractivity contribution in [1.29, 1.82) is 0 Å². The summed E-state index contributed by atoms with van der Waals surface area (Å²) in [7, 11) is 1.59. The molecular weight excluding hydrogens is 209 g/mol. The molecule has 4 heteroatoms. The van der Waals surface area contributed by atoms with E-state index >= 15 is 0 Å². The molecule has 0 radical (unpaired) electrons. The third-order valence-electron chi connectivity index (χ3n) is 1.78. The Morgan fingerprint density at radius 2 is 1.85 bits per heavy atom. The van der Waals surface area contributed by atoms with Gasteiger partial charge in [-0.1, -0.05) is 23.2 Å². The normalized spacial score (nSPS) is 10.9. The molecule has 1 N–H and O–H groups in total. The molecule has 0 saturated carbocycles. The van der Waals surface area contributed by atoms with Crippen molar-refractivity contribution in [2.45, 2.75) is 13.5 Å². The fourth-order valence-corrected chi connectivity index (χ4v) is 1.51. The molecule has 2 nitrogen and oxygen atoms in total. The Hall–Kier alpha value is -0.280. The first kappa shape index (κ1) is 10.8. The van der Waals surface area contributed by atoms with E-state index in [1.807, 2.05) is 6.92 Å². The number of hydrogen-bond acceptors (Lipinski definition) is 2. The number of aryl methyl sites for hydroxylation is 1. The minimum absolute atomic E-state index is 0.447. The van der Waals surface area contributed by atoms with Gasteiger partial charge in [-0.25, -0.2) is 0 Å². The van der Waals surface area contributed by atoms with Crippen molar-refractivity contribution in [3.05, 3.63) is 33.3 Å². The van der Waals surface area contributed by atoms with Gasteiger partial charge in [0.05, 0.1) is 10.0 Å². The number of benzene rings is 1. The third-order valence-corrected chi connectivity index (χ3v) is 2.50. The predicted molar refractivity (Wildman–Crippen MR) is 54.5 cm³/mol. The van der Waals surface area contributed by atoms with Crippen molar-refractivity contribution in [3.63, 3.8) is 0 Å². The van der Waals surface area contributed by atoms with E-state index in [9.17, 15) is 0 Å².